The highest BCUT2D eigenvalue weighted by molar-refractivity contribution is 14.0. The van der Waals surface area contributed by atoms with Crippen LogP contribution in [-0.4, -0.2) is 23.1 Å². The van der Waals surface area contributed by atoms with E-state index < -0.39 is 0 Å². The molecule has 2 aromatic heterocycles. The summed E-state index contributed by atoms with van der Waals surface area (Å²) in [5.41, 5.74) is 0.967. The summed E-state index contributed by atoms with van der Waals surface area (Å²) < 4.78 is 5.30. The molecule has 0 spiro atoms. The van der Waals surface area contributed by atoms with E-state index in [-0.39, 0.29) is 24.0 Å². The summed E-state index contributed by atoms with van der Waals surface area (Å²) in [7, 11) is 1.74. The SMILES string of the molecule is CCc1cnc(CNC(=NC)NCc2cc(C(C)C)no2)s1.I. The first-order valence-corrected chi connectivity index (χ1v) is 8.27. The number of hydrogen-bond donors (Lipinski definition) is 2. The standard InChI is InChI=1S/C15H23N5OS.HI/c1-5-12-8-17-14(22-12)9-19-15(16-4)18-7-11-6-13(10(2)3)20-21-11;/h6,8,10H,5,7,9H2,1-4H3,(H2,16,18,19);1H. The van der Waals surface area contributed by atoms with Gasteiger partial charge in [0.25, 0.3) is 0 Å². The molecule has 0 aliphatic rings. The van der Waals surface area contributed by atoms with E-state index in [1.165, 1.54) is 4.88 Å². The van der Waals surface area contributed by atoms with E-state index in [4.69, 9.17) is 4.52 Å². The van der Waals surface area contributed by atoms with Gasteiger partial charge in [-0.05, 0) is 12.3 Å². The molecular weight excluding hydrogens is 425 g/mol. The summed E-state index contributed by atoms with van der Waals surface area (Å²) in [6.07, 6.45) is 2.95. The van der Waals surface area contributed by atoms with Crippen molar-refractivity contribution in [3.05, 3.63) is 33.6 Å². The molecule has 0 saturated heterocycles. The Balaban J connectivity index is 0.00000264. The van der Waals surface area contributed by atoms with Gasteiger partial charge in [-0.1, -0.05) is 25.9 Å². The molecule has 0 atom stereocenters. The number of aliphatic imine (C=N–C) groups is 1. The minimum atomic E-state index is 0. The molecule has 0 aromatic carbocycles. The Kier molecular flexibility index (Phi) is 8.53. The fraction of sp³-hybridized carbons (Fsp3) is 0.533. The fourth-order valence-electron chi connectivity index (χ4n) is 1.83. The molecule has 8 heteroatoms. The summed E-state index contributed by atoms with van der Waals surface area (Å²) in [4.78, 5) is 9.87. The van der Waals surface area contributed by atoms with Gasteiger partial charge >= 0.3 is 0 Å². The molecule has 0 bridgehead atoms. The zero-order valence-electron chi connectivity index (χ0n) is 13.9. The van der Waals surface area contributed by atoms with Crippen molar-refractivity contribution in [3.8, 4) is 0 Å². The summed E-state index contributed by atoms with van der Waals surface area (Å²) >= 11 is 1.72. The third kappa shape index (κ3) is 6.09. The zero-order chi connectivity index (χ0) is 15.9. The maximum Gasteiger partial charge on any atom is 0.191 e. The zero-order valence-corrected chi connectivity index (χ0v) is 17.1. The topological polar surface area (TPSA) is 75.3 Å². The molecule has 23 heavy (non-hydrogen) atoms. The number of nitrogens with one attached hydrogen (secondary N) is 2. The molecule has 2 heterocycles. The average Bonchev–Trinajstić information content (AvgIpc) is 3.16. The number of aromatic nitrogens is 2. The number of rotatable bonds is 6. The molecule has 0 fully saturated rings. The van der Waals surface area contributed by atoms with Crippen molar-refractivity contribution in [1.82, 2.24) is 20.8 Å². The normalized spacial score (nSPS) is 11.4. The highest BCUT2D eigenvalue weighted by atomic mass is 127. The van der Waals surface area contributed by atoms with Crippen LogP contribution in [0.15, 0.2) is 21.8 Å². The highest BCUT2D eigenvalue weighted by Gasteiger charge is 2.08. The molecule has 2 aromatic rings. The number of nitrogens with zero attached hydrogens (tertiary/aromatic N) is 3. The molecule has 0 aliphatic carbocycles. The highest BCUT2D eigenvalue weighted by Crippen LogP contribution is 2.14. The van der Waals surface area contributed by atoms with Gasteiger partial charge in [0.15, 0.2) is 11.7 Å². The maximum atomic E-state index is 5.30. The molecule has 0 saturated carbocycles. The van der Waals surface area contributed by atoms with Crippen molar-refractivity contribution in [1.29, 1.82) is 0 Å². The molecule has 128 valence electrons. The van der Waals surface area contributed by atoms with Gasteiger partial charge in [-0.2, -0.15) is 0 Å². The number of hydrogen-bond acceptors (Lipinski definition) is 5. The number of guanidine groups is 1. The van der Waals surface area contributed by atoms with E-state index in [9.17, 15) is 0 Å². The molecule has 2 N–H and O–H groups in total. The summed E-state index contributed by atoms with van der Waals surface area (Å²) in [6, 6.07) is 1.97. The predicted octanol–water partition coefficient (Wildman–Crippen LogP) is 3.30. The van der Waals surface area contributed by atoms with E-state index in [2.05, 4.69) is 46.5 Å². The Morgan fingerprint density at radius 2 is 2.09 bits per heavy atom. The van der Waals surface area contributed by atoms with Crippen LogP contribution in [-0.2, 0) is 19.5 Å². The molecule has 0 radical (unpaired) electrons. The van der Waals surface area contributed by atoms with Crippen molar-refractivity contribution in [2.75, 3.05) is 7.05 Å². The number of aryl methyl sites for hydroxylation is 1. The monoisotopic (exact) mass is 449 g/mol. The molecule has 2 rings (SSSR count). The van der Waals surface area contributed by atoms with Gasteiger partial charge in [0.2, 0.25) is 0 Å². The molecule has 6 nitrogen and oxygen atoms in total. The van der Waals surface area contributed by atoms with Crippen LogP contribution < -0.4 is 10.6 Å². The average molecular weight is 449 g/mol. The van der Waals surface area contributed by atoms with E-state index in [1.807, 2.05) is 12.3 Å². The van der Waals surface area contributed by atoms with Crippen LogP contribution in [0.25, 0.3) is 0 Å². The second-order valence-corrected chi connectivity index (χ2v) is 6.43. The predicted molar refractivity (Wildman–Crippen MR) is 105 cm³/mol. The lowest BCUT2D eigenvalue weighted by Gasteiger charge is -2.09. The van der Waals surface area contributed by atoms with Crippen molar-refractivity contribution in [3.63, 3.8) is 0 Å². The van der Waals surface area contributed by atoms with Crippen LogP contribution in [0.2, 0.25) is 0 Å². The fourth-order valence-corrected chi connectivity index (χ4v) is 2.63. The van der Waals surface area contributed by atoms with Gasteiger partial charge in [0.05, 0.1) is 18.8 Å². The Bertz CT molecular complexity index is 623. The summed E-state index contributed by atoms with van der Waals surface area (Å²) in [5.74, 6) is 1.89. The molecule has 0 amide bonds. The second-order valence-electron chi connectivity index (χ2n) is 5.23. The van der Waals surface area contributed by atoms with Crippen LogP contribution in [0.3, 0.4) is 0 Å². The van der Waals surface area contributed by atoms with Crippen molar-refractivity contribution in [2.24, 2.45) is 4.99 Å². The van der Waals surface area contributed by atoms with E-state index in [0.29, 0.717) is 19.0 Å². The van der Waals surface area contributed by atoms with Gasteiger partial charge in [0, 0.05) is 24.2 Å². The molecule has 0 aliphatic heterocycles. The first kappa shape index (κ1) is 19.9. The van der Waals surface area contributed by atoms with Crippen LogP contribution >= 0.6 is 35.3 Å². The Labute approximate surface area is 158 Å². The van der Waals surface area contributed by atoms with Gasteiger partial charge in [-0.15, -0.1) is 35.3 Å². The lowest BCUT2D eigenvalue weighted by atomic mass is 10.1. The third-order valence-electron chi connectivity index (χ3n) is 3.18. The summed E-state index contributed by atoms with van der Waals surface area (Å²) in [5, 5.41) is 11.6. The first-order chi connectivity index (χ1) is 10.6. The van der Waals surface area contributed by atoms with Gasteiger partial charge < -0.3 is 15.2 Å². The Morgan fingerprint density at radius 3 is 2.65 bits per heavy atom. The van der Waals surface area contributed by atoms with E-state index >= 15 is 0 Å². The van der Waals surface area contributed by atoms with Crippen LogP contribution in [0.5, 0.6) is 0 Å². The Morgan fingerprint density at radius 1 is 1.35 bits per heavy atom. The van der Waals surface area contributed by atoms with E-state index in [1.54, 1.807) is 18.4 Å². The second kappa shape index (κ2) is 9.86. The van der Waals surface area contributed by atoms with Crippen molar-refractivity contribution >= 4 is 41.3 Å². The molecule has 0 unspecified atom stereocenters. The number of halogens is 1. The third-order valence-corrected chi connectivity index (χ3v) is 4.32. The maximum absolute atomic E-state index is 5.30. The van der Waals surface area contributed by atoms with Gasteiger partial charge in [-0.25, -0.2) is 4.98 Å². The van der Waals surface area contributed by atoms with Gasteiger partial charge in [0.1, 0.15) is 5.01 Å². The molecular formula is C15H24IN5OS. The van der Waals surface area contributed by atoms with Crippen LogP contribution in [0, 0.1) is 0 Å². The smallest absolute Gasteiger partial charge is 0.191 e. The van der Waals surface area contributed by atoms with Crippen molar-refractivity contribution < 1.29 is 4.52 Å². The largest absolute Gasteiger partial charge is 0.359 e. The van der Waals surface area contributed by atoms with E-state index in [0.717, 1.165) is 28.8 Å². The first-order valence-electron chi connectivity index (χ1n) is 7.46. The minimum Gasteiger partial charge on any atom is -0.359 e. The summed E-state index contributed by atoms with van der Waals surface area (Å²) in [6.45, 7) is 7.53. The van der Waals surface area contributed by atoms with Gasteiger partial charge in [-0.3, -0.25) is 4.99 Å². The van der Waals surface area contributed by atoms with Crippen molar-refractivity contribution in [2.45, 2.75) is 46.2 Å². The van der Waals surface area contributed by atoms with Crippen LogP contribution in [0.1, 0.15) is 48.0 Å². The Hall–Kier alpha value is -1.16. The number of thiazole rings is 1. The quantitative estimate of drug-likeness (QED) is 0.402. The lowest BCUT2D eigenvalue weighted by Crippen LogP contribution is -2.36. The van der Waals surface area contributed by atoms with Crippen LogP contribution in [0.4, 0.5) is 0 Å². The minimum absolute atomic E-state index is 0. The lowest BCUT2D eigenvalue weighted by molar-refractivity contribution is 0.372.